The minimum Gasteiger partial charge on any atom is -0.400 e. The third-order valence-corrected chi connectivity index (χ3v) is 1.50. The second-order valence-corrected chi connectivity index (χ2v) is 2.23. The van der Waals surface area contributed by atoms with Gasteiger partial charge in [-0.05, 0) is 5.56 Å². The van der Waals surface area contributed by atoms with Gasteiger partial charge >= 0.3 is 0 Å². The highest BCUT2D eigenvalue weighted by Crippen LogP contribution is 2.28. The molecule has 1 heterocycles. The number of rotatable bonds is 1. The molecule has 1 aromatic rings. The predicted octanol–water partition coefficient (Wildman–Crippen LogP) is 1.37. The van der Waals surface area contributed by atoms with Crippen molar-refractivity contribution in [2.24, 2.45) is 0 Å². The van der Waals surface area contributed by atoms with Crippen molar-refractivity contribution in [2.75, 3.05) is 13.7 Å². The minimum atomic E-state index is 0.409. The Morgan fingerprint density at radius 1 is 1.27 bits per heavy atom. The van der Waals surface area contributed by atoms with Crippen LogP contribution in [0.1, 0.15) is 11.7 Å². The highest BCUT2D eigenvalue weighted by Gasteiger charge is 2.23. The van der Waals surface area contributed by atoms with Gasteiger partial charge in [0.25, 0.3) is 0 Å². The Morgan fingerprint density at radius 2 is 1.82 bits per heavy atom. The van der Waals surface area contributed by atoms with Gasteiger partial charge in [-0.2, -0.15) is 0 Å². The topological polar surface area (TPSA) is 32.8 Å². The Bertz CT molecular complexity index is 192. The number of epoxide rings is 1. The van der Waals surface area contributed by atoms with E-state index in [9.17, 15) is 0 Å². The monoisotopic (exact) mass is 152 g/mol. The van der Waals surface area contributed by atoms with Crippen LogP contribution in [0.3, 0.4) is 0 Å². The fourth-order valence-electron chi connectivity index (χ4n) is 0.908. The molecule has 0 amide bonds. The lowest BCUT2D eigenvalue weighted by Gasteiger charge is -1.89. The van der Waals surface area contributed by atoms with Gasteiger partial charge in [-0.3, -0.25) is 0 Å². The zero-order valence-electron chi connectivity index (χ0n) is 6.53. The van der Waals surface area contributed by atoms with Crippen LogP contribution in [-0.2, 0) is 4.74 Å². The Hall–Kier alpha value is -0.860. The lowest BCUT2D eigenvalue weighted by Crippen LogP contribution is -1.75. The molecule has 1 aromatic carbocycles. The molecule has 1 fully saturated rings. The number of benzene rings is 1. The summed E-state index contributed by atoms with van der Waals surface area (Å²) >= 11 is 0. The van der Waals surface area contributed by atoms with Gasteiger partial charge in [0.15, 0.2) is 0 Å². The molecule has 0 bridgehead atoms. The number of ether oxygens (including phenoxy) is 1. The molecule has 11 heavy (non-hydrogen) atoms. The molecule has 1 atom stereocenters. The van der Waals surface area contributed by atoms with E-state index in [0.29, 0.717) is 6.10 Å². The Kier molecular flexibility index (Phi) is 3.08. The van der Waals surface area contributed by atoms with Gasteiger partial charge in [-0.15, -0.1) is 0 Å². The fraction of sp³-hybridized carbons (Fsp3) is 0.333. The molecule has 1 N–H and O–H groups in total. The summed E-state index contributed by atoms with van der Waals surface area (Å²) in [4.78, 5) is 0. The van der Waals surface area contributed by atoms with Gasteiger partial charge < -0.3 is 9.84 Å². The summed E-state index contributed by atoms with van der Waals surface area (Å²) in [5.41, 5.74) is 1.30. The van der Waals surface area contributed by atoms with Crippen LogP contribution in [0.2, 0.25) is 0 Å². The molecule has 2 rings (SSSR count). The van der Waals surface area contributed by atoms with Crippen LogP contribution in [0.5, 0.6) is 0 Å². The minimum absolute atomic E-state index is 0.409. The Morgan fingerprint density at radius 3 is 2.27 bits per heavy atom. The van der Waals surface area contributed by atoms with Crippen LogP contribution in [0, 0.1) is 0 Å². The summed E-state index contributed by atoms with van der Waals surface area (Å²) < 4.78 is 5.09. The summed E-state index contributed by atoms with van der Waals surface area (Å²) in [6.07, 6.45) is 0.409. The molecule has 1 saturated heterocycles. The molecule has 1 unspecified atom stereocenters. The maximum Gasteiger partial charge on any atom is 0.106 e. The molecule has 0 aromatic heterocycles. The van der Waals surface area contributed by atoms with Gasteiger partial charge in [0, 0.05) is 7.11 Å². The quantitative estimate of drug-likeness (QED) is 0.616. The van der Waals surface area contributed by atoms with Crippen LogP contribution < -0.4 is 0 Å². The van der Waals surface area contributed by atoms with Crippen LogP contribution in [0.4, 0.5) is 0 Å². The van der Waals surface area contributed by atoms with E-state index in [1.54, 1.807) is 0 Å². The average Bonchev–Trinajstić information content (AvgIpc) is 2.92. The first-order valence-electron chi connectivity index (χ1n) is 3.58. The van der Waals surface area contributed by atoms with Gasteiger partial charge in [0.2, 0.25) is 0 Å². The van der Waals surface area contributed by atoms with Crippen LogP contribution in [0.15, 0.2) is 30.3 Å². The van der Waals surface area contributed by atoms with E-state index >= 15 is 0 Å². The largest absolute Gasteiger partial charge is 0.400 e. The van der Waals surface area contributed by atoms with Crippen molar-refractivity contribution < 1.29 is 9.84 Å². The fourth-order valence-corrected chi connectivity index (χ4v) is 0.908. The van der Waals surface area contributed by atoms with Crippen molar-refractivity contribution in [3.63, 3.8) is 0 Å². The molecule has 0 spiro atoms. The van der Waals surface area contributed by atoms with E-state index in [4.69, 9.17) is 9.84 Å². The SMILES string of the molecule is CO.c1ccc(C2CO2)cc1. The highest BCUT2D eigenvalue weighted by molar-refractivity contribution is 5.19. The van der Waals surface area contributed by atoms with Crippen LogP contribution in [-0.4, -0.2) is 18.8 Å². The van der Waals surface area contributed by atoms with E-state index in [2.05, 4.69) is 12.1 Å². The van der Waals surface area contributed by atoms with Crippen molar-refractivity contribution in [2.45, 2.75) is 6.10 Å². The molecule has 2 nitrogen and oxygen atoms in total. The number of aliphatic hydroxyl groups excluding tert-OH is 1. The zero-order chi connectivity index (χ0) is 8.10. The molecular formula is C9H12O2. The highest BCUT2D eigenvalue weighted by atomic mass is 16.6. The van der Waals surface area contributed by atoms with E-state index in [1.165, 1.54) is 5.56 Å². The van der Waals surface area contributed by atoms with E-state index in [0.717, 1.165) is 13.7 Å². The van der Waals surface area contributed by atoms with Gasteiger partial charge in [-0.25, -0.2) is 0 Å². The first-order chi connectivity index (χ1) is 5.47. The maximum atomic E-state index is 7.00. The van der Waals surface area contributed by atoms with E-state index in [-0.39, 0.29) is 0 Å². The zero-order valence-corrected chi connectivity index (χ0v) is 6.53. The van der Waals surface area contributed by atoms with Gasteiger partial charge in [-0.1, -0.05) is 30.3 Å². The summed E-state index contributed by atoms with van der Waals surface area (Å²) in [6, 6.07) is 10.3. The number of hydrogen-bond donors (Lipinski definition) is 1. The van der Waals surface area contributed by atoms with Crippen LogP contribution >= 0.6 is 0 Å². The third kappa shape index (κ3) is 2.33. The summed E-state index contributed by atoms with van der Waals surface area (Å²) in [7, 11) is 1.00. The lowest BCUT2D eigenvalue weighted by molar-refractivity contribution is 0.399. The maximum absolute atomic E-state index is 7.00. The second-order valence-electron chi connectivity index (χ2n) is 2.23. The van der Waals surface area contributed by atoms with Crippen molar-refractivity contribution in [1.82, 2.24) is 0 Å². The van der Waals surface area contributed by atoms with Crippen LogP contribution in [0.25, 0.3) is 0 Å². The van der Waals surface area contributed by atoms with Crippen molar-refractivity contribution in [1.29, 1.82) is 0 Å². The first-order valence-corrected chi connectivity index (χ1v) is 3.58. The van der Waals surface area contributed by atoms with Crippen molar-refractivity contribution >= 4 is 0 Å². The molecule has 1 aliphatic heterocycles. The summed E-state index contributed by atoms with van der Waals surface area (Å²) in [5, 5.41) is 7.00. The first kappa shape index (κ1) is 8.24. The number of aliphatic hydroxyl groups is 1. The average molecular weight is 152 g/mol. The predicted molar refractivity (Wildman–Crippen MR) is 43.3 cm³/mol. The molecule has 0 aliphatic carbocycles. The van der Waals surface area contributed by atoms with Crippen molar-refractivity contribution in [3.05, 3.63) is 35.9 Å². The summed E-state index contributed by atoms with van der Waals surface area (Å²) in [5.74, 6) is 0. The normalized spacial score (nSPS) is 20.0. The standard InChI is InChI=1S/C8H8O.CH4O/c1-2-4-7(5-3-1)8-6-9-8;1-2/h1-5,8H,6H2;2H,1H3. The van der Waals surface area contributed by atoms with E-state index < -0.39 is 0 Å². The Labute approximate surface area is 66.4 Å². The molecule has 60 valence electrons. The second kappa shape index (κ2) is 4.11. The van der Waals surface area contributed by atoms with Crippen molar-refractivity contribution in [3.8, 4) is 0 Å². The molecular weight excluding hydrogens is 140 g/mol. The molecule has 2 heteroatoms. The molecule has 0 saturated carbocycles. The van der Waals surface area contributed by atoms with E-state index in [1.807, 2.05) is 18.2 Å². The smallest absolute Gasteiger partial charge is 0.106 e. The number of hydrogen-bond acceptors (Lipinski definition) is 2. The lowest BCUT2D eigenvalue weighted by atomic mass is 10.2. The molecule has 0 radical (unpaired) electrons. The summed E-state index contributed by atoms with van der Waals surface area (Å²) in [6.45, 7) is 0.907. The third-order valence-electron chi connectivity index (χ3n) is 1.50. The Balaban J connectivity index is 0.000000281. The van der Waals surface area contributed by atoms with Gasteiger partial charge in [0.05, 0.1) is 6.61 Å². The van der Waals surface area contributed by atoms with Gasteiger partial charge in [0.1, 0.15) is 6.10 Å². The molecule has 1 aliphatic rings.